The van der Waals surface area contributed by atoms with Crippen molar-refractivity contribution in [3.8, 4) is 0 Å². The molecular formula is C42H76O4. The Morgan fingerprint density at radius 2 is 0.978 bits per heavy atom. The number of aliphatic hydroxyl groups excluding tert-OH is 1. The number of rotatable bonds is 36. The average molecular weight is 645 g/mol. The van der Waals surface area contributed by atoms with E-state index in [9.17, 15) is 9.90 Å². The van der Waals surface area contributed by atoms with E-state index in [-0.39, 0.29) is 12.6 Å². The highest BCUT2D eigenvalue weighted by atomic mass is 16.6. The molecule has 0 radical (unpaired) electrons. The average Bonchev–Trinajstić information content (AvgIpc) is 3.06. The molecule has 0 saturated carbocycles. The lowest BCUT2D eigenvalue weighted by Gasteiger charge is -2.16. The fourth-order valence-electron chi connectivity index (χ4n) is 5.50. The molecule has 0 rings (SSSR count). The van der Waals surface area contributed by atoms with Crippen molar-refractivity contribution in [2.24, 2.45) is 0 Å². The zero-order valence-electron chi connectivity index (χ0n) is 30.6. The zero-order valence-corrected chi connectivity index (χ0v) is 30.6. The lowest BCUT2D eigenvalue weighted by atomic mass is 10.0. The number of unbranched alkanes of at least 4 members (excludes halogenated alkanes) is 20. The van der Waals surface area contributed by atoms with Gasteiger partial charge in [-0.3, -0.25) is 4.79 Å². The largest absolute Gasteiger partial charge is 0.457 e. The van der Waals surface area contributed by atoms with Crippen LogP contribution in [0, 0.1) is 0 Å². The van der Waals surface area contributed by atoms with Crippen LogP contribution in [0.15, 0.2) is 48.6 Å². The van der Waals surface area contributed by atoms with Crippen molar-refractivity contribution in [3.05, 3.63) is 48.6 Å². The topological polar surface area (TPSA) is 55.8 Å². The highest BCUT2D eigenvalue weighted by Crippen LogP contribution is 2.14. The van der Waals surface area contributed by atoms with Gasteiger partial charge in [0.15, 0.2) is 0 Å². The maximum atomic E-state index is 12.2. The van der Waals surface area contributed by atoms with Gasteiger partial charge in [0.2, 0.25) is 0 Å². The second-order valence-electron chi connectivity index (χ2n) is 13.0. The minimum absolute atomic E-state index is 0.177. The van der Waals surface area contributed by atoms with E-state index in [2.05, 4.69) is 62.5 Å². The van der Waals surface area contributed by atoms with Crippen molar-refractivity contribution in [1.82, 2.24) is 0 Å². The molecule has 4 nitrogen and oxygen atoms in total. The molecule has 0 saturated heterocycles. The molecule has 46 heavy (non-hydrogen) atoms. The molecule has 1 atom stereocenters. The fourth-order valence-corrected chi connectivity index (χ4v) is 5.50. The first-order chi connectivity index (χ1) is 22.7. The van der Waals surface area contributed by atoms with E-state index < -0.39 is 6.10 Å². The van der Waals surface area contributed by atoms with Crippen LogP contribution in [0.25, 0.3) is 0 Å². The highest BCUT2D eigenvalue weighted by molar-refractivity contribution is 5.69. The first kappa shape index (κ1) is 44.4. The quantitative estimate of drug-likeness (QED) is 0.0419. The molecule has 0 aromatic carbocycles. The van der Waals surface area contributed by atoms with Crippen molar-refractivity contribution in [2.45, 2.75) is 193 Å². The SMILES string of the molecule is CC/C=C\C/C=C\C/C=C\C/C=C\CCCCCCCCC(=O)OC(CO)COCCCCCCCCCCCCCCCCC. The molecule has 0 aromatic rings. The Labute approximate surface area is 286 Å². The van der Waals surface area contributed by atoms with Crippen molar-refractivity contribution in [2.75, 3.05) is 19.8 Å². The summed E-state index contributed by atoms with van der Waals surface area (Å²) in [6.07, 6.45) is 50.1. The maximum absolute atomic E-state index is 12.2. The molecule has 0 bridgehead atoms. The number of allylic oxidation sites excluding steroid dienone is 8. The van der Waals surface area contributed by atoms with Crippen LogP contribution in [0.2, 0.25) is 0 Å². The predicted molar refractivity (Wildman–Crippen MR) is 200 cm³/mol. The van der Waals surface area contributed by atoms with Gasteiger partial charge < -0.3 is 14.6 Å². The lowest BCUT2D eigenvalue weighted by Crippen LogP contribution is -2.27. The number of aliphatic hydroxyl groups is 1. The first-order valence-electron chi connectivity index (χ1n) is 19.7. The summed E-state index contributed by atoms with van der Waals surface area (Å²) in [7, 11) is 0. The van der Waals surface area contributed by atoms with Crippen LogP contribution in [0.3, 0.4) is 0 Å². The smallest absolute Gasteiger partial charge is 0.306 e. The predicted octanol–water partition coefficient (Wildman–Crippen LogP) is 12.7. The van der Waals surface area contributed by atoms with Gasteiger partial charge in [-0.2, -0.15) is 0 Å². The van der Waals surface area contributed by atoms with E-state index in [0.29, 0.717) is 19.6 Å². The molecule has 0 heterocycles. The number of carbonyl (C=O) groups excluding carboxylic acids is 1. The van der Waals surface area contributed by atoms with Crippen LogP contribution in [0.4, 0.5) is 0 Å². The number of carbonyl (C=O) groups is 1. The second-order valence-corrected chi connectivity index (χ2v) is 13.0. The molecule has 0 aliphatic rings. The Bertz CT molecular complexity index is 723. The van der Waals surface area contributed by atoms with Gasteiger partial charge in [0.25, 0.3) is 0 Å². The Morgan fingerprint density at radius 1 is 0.543 bits per heavy atom. The molecule has 4 heteroatoms. The maximum Gasteiger partial charge on any atom is 0.306 e. The van der Waals surface area contributed by atoms with Gasteiger partial charge in [0.1, 0.15) is 6.10 Å². The third-order valence-electron chi connectivity index (χ3n) is 8.42. The van der Waals surface area contributed by atoms with Crippen molar-refractivity contribution >= 4 is 5.97 Å². The summed E-state index contributed by atoms with van der Waals surface area (Å²) in [5.74, 6) is -0.214. The van der Waals surface area contributed by atoms with Crippen LogP contribution in [0.1, 0.15) is 187 Å². The van der Waals surface area contributed by atoms with E-state index in [1.807, 2.05) is 0 Å². The Balaban J connectivity index is 3.47. The van der Waals surface area contributed by atoms with Gasteiger partial charge in [0, 0.05) is 13.0 Å². The third-order valence-corrected chi connectivity index (χ3v) is 8.42. The van der Waals surface area contributed by atoms with E-state index in [1.54, 1.807) is 0 Å². The Hall–Kier alpha value is -1.65. The van der Waals surface area contributed by atoms with Crippen molar-refractivity contribution < 1.29 is 19.4 Å². The molecule has 1 N–H and O–H groups in total. The minimum Gasteiger partial charge on any atom is -0.457 e. The summed E-state index contributed by atoms with van der Waals surface area (Å²) >= 11 is 0. The monoisotopic (exact) mass is 645 g/mol. The number of esters is 1. The standard InChI is InChI=1S/C42H76O4/c1-3-5-7-9-11-13-15-17-19-20-21-22-23-25-27-29-31-33-35-37-42(44)46-41(39-43)40-45-38-36-34-32-30-28-26-24-18-16-14-12-10-8-6-4-2/h5,7,11,13,17,19,21-22,41,43H,3-4,6,8-10,12,14-16,18,20,23-40H2,1-2H3/b7-5-,13-11-,19-17-,22-21-. The lowest BCUT2D eigenvalue weighted by molar-refractivity contribution is -0.154. The van der Waals surface area contributed by atoms with Crippen molar-refractivity contribution in [3.63, 3.8) is 0 Å². The van der Waals surface area contributed by atoms with Crippen LogP contribution < -0.4 is 0 Å². The van der Waals surface area contributed by atoms with E-state index in [0.717, 1.165) is 57.8 Å². The van der Waals surface area contributed by atoms with E-state index >= 15 is 0 Å². The molecule has 0 amide bonds. The van der Waals surface area contributed by atoms with Gasteiger partial charge in [-0.05, 0) is 51.4 Å². The highest BCUT2D eigenvalue weighted by Gasteiger charge is 2.13. The molecule has 0 aromatic heterocycles. The molecule has 1 unspecified atom stereocenters. The van der Waals surface area contributed by atoms with Gasteiger partial charge in [-0.15, -0.1) is 0 Å². The fraction of sp³-hybridized carbons (Fsp3) is 0.786. The zero-order chi connectivity index (χ0) is 33.4. The molecule has 268 valence electrons. The number of ether oxygens (including phenoxy) is 2. The minimum atomic E-state index is -0.540. The first-order valence-corrected chi connectivity index (χ1v) is 19.7. The second kappa shape index (κ2) is 39.5. The Morgan fingerprint density at radius 3 is 1.48 bits per heavy atom. The summed E-state index contributed by atoms with van der Waals surface area (Å²) in [6.45, 7) is 5.23. The Kier molecular flexibility index (Phi) is 38.1. The van der Waals surface area contributed by atoms with Gasteiger partial charge >= 0.3 is 5.97 Å². The summed E-state index contributed by atoms with van der Waals surface area (Å²) in [5.41, 5.74) is 0. The molecule has 0 aliphatic carbocycles. The van der Waals surface area contributed by atoms with Gasteiger partial charge in [0.05, 0.1) is 13.2 Å². The summed E-state index contributed by atoms with van der Waals surface area (Å²) in [6, 6.07) is 0. The molecular weight excluding hydrogens is 568 g/mol. The van der Waals surface area contributed by atoms with Crippen LogP contribution in [0.5, 0.6) is 0 Å². The van der Waals surface area contributed by atoms with Crippen LogP contribution in [-0.2, 0) is 14.3 Å². The summed E-state index contributed by atoms with van der Waals surface area (Å²) in [5, 5.41) is 9.57. The van der Waals surface area contributed by atoms with Gasteiger partial charge in [-0.25, -0.2) is 0 Å². The van der Waals surface area contributed by atoms with Crippen LogP contribution >= 0.6 is 0 Å². The van der Waals surface area contributed by atoms with E-state index in [1.165, 1.54) is 109 Å². The van der Waals surface area contributed by atoms with E-state index in [4.69, 9.17) is 9.47 Å². The van der Waals surface area contributed by atoms with Crippen LogP contribution in [-0.4, -0.2) is 37.0 Å². The van der Waals surface area contributed by atoms with Gasteiger partial charge in [-0.1, -0.05) is 178 Å². The molecule has 0 aliphatic heterocycles. The summed E-state index contributed by atoms with van der Waals surface area (Å²) < 4.78 is 11.1. The molecule has 0 fully saturated rings. The van der Waals surface area contributed by atoms with Crippen molar-refractivity contribution in [1.29, 1.82) is 0 Å². The third kappa shape index (κ3) is 36.8. The summed E-state index contributed by atoms with van der Waals surface area (Å²) in [4.78, 5) is 12.2. The number of hydrogen-bond donors (Lipinski definition) is 1. The number of hydrogen-bond acceptors (Lipinski definition) is 4. The molecule has 0 spiro atoms. The normalized spacial score (nSPS) is 12.8.